The monoisotopic (exact) mass is 597 g/mol. The summed E-state index contributed by atoms with van der Waals surface area (Å²) in [7, 11) is 1.46. The van der Waals surface area contributed by atoms with Crippen LogP contribution in [0.4, 0.5) is 4.79 Å². The van der Waals surface area contributed by atoms with E-state index in [0.29, 0.717) is 12.0 Å². The minimum atomic E-state index is -1.20. The van der Waals surface area contributed by atoms with Crippen LogP contribution in [0.1, 0.15) is 79.0 Å². The smallest absolute Gasteiger partial charge is 0.408 e. The zero-order valence-electron chi connectivity index (χ0n) is 26.8. The van der Waals surface area contributed by atoms with Crippen molar-refractivity contribution in [2.45, 2.75) is 97.6 Å². The number of esters is 1. The van der Waals surface area contributed by atoms with Gasteiger partial charge in [-0.25, -0.2) is 9.59 Å². The van der Waals surface area contributed by atoms with Crippen molar-refractivity contribution in [2.75, 3.05) is 7.05 Å². The van der Waals surface area contributed by atoms with Gasteiger partial charge in [0.05, 0.1) is 0 Å². The molecule has 0 aromatic heterocycles. The number of likely N-dealkylation sites (N-methyl/N-ethyl adjacent to an activating group) is 1. The van der Waals surface area contributed by atoms with E-state index in [9.17, 15) is 24.3 Å². The Labute approximate surface area is 255 Å². The zero-order chi connectivity index (χ0) is 32.5. The molecule has 2 rings (SSSR count). The first-order chi connectivity index (χ1) is 19.9. The van der Waals surface area contributed by atoms with E-state index in [1.54, 1.807) is 41.5 Å². The van der Waals surface area contributed by atoms with Crippen LogP contribution in [-0.4, -0.2) is 64.2 Å². The van der Waals surface area contributed by atoms with Gasteiger partial charge < -0.3 is 30.1 Å². The first kappa shape index (κ1) is 35.1. The van der Waals surface area contributed by atoms with E-state index in [1.807, 2.05) is 44.2 Å². The highest BCUT2D eigenvalue weighted by Crippen LogP contribution is 2.25. The highest BCUT2D eigenvalue weighted by atomic mass is 16.6. The molecule has 2 aromatic rings. The van der Waals surface area contributed by atoms with E-state index in [0.717, 1.165) is 5.56 Å². The van der Waals surface area contributed by atoms with Crippen LogP contribution in [0.2, 0.25) is 0 Å². The second-order valence-corrected chi connectivity index (χ2v) is 13.1. The molecule has 3 N–H and O–H groups in total. The third-order valence-corrected chi connectivity index (χ3v) is 6.18. The average molecular weight is 598 g/mol. The number of rotatable bonds is 11. The summed E-state index contributed by atoms with van der Waals surface area (Å²) in [6.07, 6.45) is -0.295. The number of ether oxygens (including phenoxy) is 2. The zero-order valence-corrected chi connectivity index (χ0v) is 26.8. The Morgan fingerprint density at radius 2 is 1.37 bits per heavy atom. The molecule has 3 unspecified atom stereocenters. The fraction of sp³-hybridized carbons (Fsp3) is 0.515. The van der Waals surface area contributed by atoms with Gasteiger partial charge in [-0.2, -0.15) is 0 Å². The van der Waals surface area contributed by atoms with Crippen molar-refractivity contribution < 1.29 is 33.8 Å². The molecule has 43 heavy (non-hydrogen) atoms. The fourth-order valence-corrected chi connectivity index (χ4v) is 4.39. The second kappa shape index (κ2) is 14.9. The van der Waals surface area contributed by atoms with Crippen molar-refractivity contribution in [1.82, 2.24) is 15.5 Å². The van der Waals surface area contributed by atoms with Crippen molar-refractivity contribution >= 4 is 23.9 Å². The van der Waals surface area contributed by atoms with Gasteiger partial charge in [-0.05, 0) is 77.1 Å². The van der Waals surface area contributed by atoms with Gasteiger partial charge in [-0.15, -0.1) is 0 Å². The lowest BCUT2D eigenvalue weighted by atomic mass is 9.99. The molecule has 3 atom stereocenters. The molecule has 10 heteroatoms. The number of carbonyl (C=O) groups is 4. The maximum Gasteiger partial charge on any atom is 0.408 e. The maximum atomic E-state index is 14.0. The lowest BCUT2D eigenvalue weighted by Gasteiger charge is -2.33. The molecular weight excluding hydrogens is 550 g/mol. The Morgan fingerprint density at radius 3 is 1.88 bits per heavy atom. The molecule has 0 aliphatic heterocycles. The predicted octanol–water partition coefficient (Wildman–Crippen LogP) is 4.90. The number of phenols is 1. The molecule has 0 heterocycles. The lowest BCUT2D eigenvalue weighted by Crippen LogP contribution is -2.54. The highest BCUT2D eigenvalue weighted by molar-refractivity contribution is 5.93. The molecule has 0 spiro atoms. The number of alkyl carbamates (subject to hydrolysis) is 1. The quantitative estimate of drug-likeness (QED) is 0.314. The topological polar surface area (TPSA) is 134 Å². The summed E-state index contributed by atoms with van der Waals surface area (Å²) in [4.78, 5) is 55.0. The predicted molar refractivity (Wildman–Crippen MR) is 164 cm³/mol. The summed E-state index contributed by atoms with van der Waals surface area (Å²) < 4.78 is 11.0. The van der Waals surface area contributed by atoms with Crippen LogP contribution in [0.3, 0.4) is 0 Å². The minimum absolute atomic E-state index is 0.0168. The number of nitrogens with zero attached hydrogens (tertiary/aromatic N) is 1. The Balaban J connectivity index is 2.46. The van der Waals surface area contributed by atoms with Crippen LogP contribution in [0, 0.1) is 5.92 Å². The number of benzene rings is 2. The Bertz CT molecular complexity index is 1230. The van der Waals surface area contributed by atoms with E-state index in [1.165, 1.54) is 36.2 Å². The van der Waals surface area contributed by atoms with Crippen LogP contribution >= 0.6 is 0 Å². The molecule has 0 saturated carbocycles. The molecular formula is C33H47N3O7. The molecule has 0 aliphatic rings. The summed E-state index contributed by atoms with van der Waals surface area (Å²) >= 11 is 0. The first-order valence-electron chi connectivity index (χ1n) is 14.5. The molecule has 0 bridgehead atoms. The summed E-state index contributed by atoms with van der Waals surface area (Å²) in [6.45, 7) is 14.2. The Hall–Kier alpha value is -4.08. The SMILES string of the molecule is CC(C)CC(NC(=O)OC(C)(C)C)C(=O)N(C)C(C(=O)NC(Cc1ccccc1)C(=O)OC(C)(C)C)c1ccc(O)cc1. The molecule has 0 radical (unpaired) electrons. The number of nitrogens with one attached hydrogen (secondary N) is 2. The van der Waals surface area contributed by atoms with E-state index in [-0.39, 0.29) is 18.1 Å². The summed E-state index contributed by atoms with van der Waals surface area (Å²) in [6, 6.07) is 11.8. The maximum absolute atomic E-state index is 14.0. The first-order valence-corrected chi connectivity index (χ1v) is 14.5. The number of carbonyl (C=O) groups excluding carboxylic acids is 4. The molecule has 2 aromatic carbocycles. The van der Waals surface area contributed by atoms with E-state index >= 15 is 0 Å². The van der Waals surface area contributed by atoms with Gasteiger partial charge in [0.25, 0.3) is 0 Å². The van der Waals surface area contributed by atoms with E-state index < -0.39 is 53.2 Å². The molecule has 236 valence electrons. The molecule has 10 nitrogen and oxygen atoms in total. The van der Waals surface area contributed by atoms with Crippen LogP contribution < -0.4 is 10.6 Å². The standard InChI is InChI=1S/C33H47N3O7/c1-21(2)19-25(35-31(41)43-33(6,7)8)29(39)36(9)27(23-15-17-24(37)18-16-23)28(38)34-26(30(40)42-32(3,4)5)20-22-13-11-10-12-14-22/h10-18,21,25-27,37H,19-20H2,1-9H3,(H,34,38)(H,35,41). The fourth-order valence-electron chi connectivity index (χ4n) is 4.39. The van der Waals surface area contributed by atoms with Crippen molar-refractivity contribution in [1.29, 1.82) is 0 Å². The number of phenolic OH excluding ortho intramolecular Hbond substituents is 1. The summed E-state index contributed by atoms with van der Waals surface area (Å²) in [5, 5.41) is 15.4. The molecule has 0 fully saturated rings. The number of hydrogen-bond donors (Lipinski definition) is 3. The van der Waals surface area contributed by atoms with Crippen molar-refractivity contribution in [3.05, 3.63) is 65.7 Å². The second-order valence-electron chi connectivity index (χ2n) is 13.1. The van der Waals surface area contributed by atoms with Gasteiger partial charge in [0.1, 0.15) is 35.1 Å². The number of hydrogen-bond acceptors (Lipinski definition) is 7. The van der Waals surface area contributed by atoms with Crippen molar-refractivity contribution in [2.24, 2.45) is 5.92 Å². The minimum Gasteiger partial charge on any atom is -0.508 e. The third-order valence-electron chi connectivity index (χ3n) is 6.18. The summed E-state index contributed by atoms with van der Waals surface area (Å²) in [5.74, 6) is -1.76. The van der Waals surface area contributed by atoms with Gasteiger partial charge in [-0.3, -0.25) is 9.59 Å². The van der Waals surface area contributed by atoms with E-state index in [2.05, 4.69) is 10.6 Å². The number of aromatic hydroxyl groups is 1. The van der Waals surface area contributed by atoms with Gasteiger partial charge in [-0.1, -0.05) is 56.3 Å². The van der Waals surface area contributed by atoms with Crippen molar-refractivity contribution in [3.63, 3.8) is 0 Å². The van der Waals surface area contributed by atoms with Gasteiger partial charge >= 0.3 is 12.1 Å². The van der Waals surface area contributed by atoms with Crippen LogP contribution in [0.25, 0.3) is 0 Å². The number of amides is 3. The average Bonchev–Trinajstić information content (AvgIpc) is 2.87. The Kier molecular flexibility index (Phi) is 12.2. The van der Waals surface area contributed by atoms with Gasteiger partial charge in [0.15, 0.2) is 0 Å². The normalized spacial score (nSPS) is 13.8. The molecule has 0 aliphatic carbocycles. The third kappa shape index (κ3) is 12.0. The largest absolute Gasteiger partial charge is 0.508 e. The summed E-state index contributed by atoms with van der Waals surface area (Å²) in [5.41, 5.74) is -0.361. The van der Waals surface area contributed by atoms with Crippen LogP contribution in [0.15, 0.2) is 54.6 Å². The van der Waals surface area contributed by atoms with Crippen LogP contribution in [0.5, 0.6) is 5.75 Å². The van der Waals surface area contributed by atoms with Gasteiger partial charge in [0, 0.05) is 13.5 Å². The van der Waals surface area contributed by atoms with Gasteiger partial charge in [0.2, 0.25) is 11.8 Å². The van der Waals surface area contributed by atoms with E-state index in [4.69, 9.17) is 9.47 Å². The Morgan fingerprint density at radius 1 is 0.814 bits per heavy atom. The lowest BCUT2D eigenvalue weighted by molar-refractivity contribution is -0.159. The molecule has 0 saturated heterocycles. The van der Waals surface area contributed by atoms with Crippen LogP contribution in [-0.2, 0) is 30.3 Å². The highest BCUT2D eigenvalue weighted by Gasteiger charge is 2.37. The van der Waals surface area contributed by atoms with Crippen molar-refractivity contribution in [3.8, 4) is 5.75 Å². The molecule has 3 amide bonds.